The fraction of sp³-hybridized carbons (Fsp3) is 0.462. The maximum atomic E-state index is 6.12. The quantitative estimate of drug-likeness (QED) is 0.847. The average molecular weight is 404 g/mol. The van der Waals surface area contributed by atoms with E-state index in [-0.39, 0.29) is 11.5 Å². The van der Waals surface area contributed by atoms with Crippen LogP contribution in [-0.4, -0.2) is 21.2 Å². The number of hydrogen-bond acceptors (Lipinski definition) is 5. The third-order valence-corrected chi connectivity index (χ3v) is 4.03. The molecule has 2 aromatic heterocycles. The molecule has 0 saturated heterocycles. The number of pyridine rings is 1. The molecule has 0 saturated carbocycles. The van der Waals surface area contributed by atoms with Crippen molar-refractivity contribution in [3.05, 3.63) is 27.1 Å². The lowest BCUT2D eigenvalue weighted by atomic mass is 9.85. The molecule has 108 valence electrons. The van der Waals surface area contributed by atoms with Crippen LogP contribution in [0.3, 0.4) is 0 Å². The van der Waals surface area contributed by atoms with Gasteiger partial charge in [-0.2, -0.15) is 4.98 Å². The van der Waals surface area contributed by atoms with Crippen LogP contribution < -0.4 is 5.73 Å². The second-order valence-electron chi connectivity index (χ2n) is 5.67. The predicted octanol–water partition coefficient (Wildman–Crippen LogP) is 3.57. The first kappa shape index (κ1) is 15.6. The van der Waals surface area contributed by atoms with E-state index < -0.39 is 0 Å². The molecule has 2 rings (SSSR count). The smallest absolute Gasteiger partial charge is 0.228 e. The molecule has 0 aliphatic carbocycles. The second kappa shape index (κ2) is 5.91. The third-order valence-electron chi connectivity index (χ3n) is 2.99. The molecule has 0 bridgehead atoms. The van der Waals surface area contributed by atoms with E-state index in [0.717, 1.165) is 8.95 Å². The Morgan fingerprint density at radius 3 is 2.65 bits per heavy atom. The number of halogens is 2. The summed E-state index contributed by atoms with van der Waals surface area (Å²) in [5.74, 6) is 0.986. The van der Waals surface area contributed by atoms with E-state index in [1.54, 1.807) is 6.20 Å². The van der Waals surface area contributed by atoms with Gasteiger partial charge in [0.1, 0.15) is 5.69 Å². The molecule has 0 spiro atoms. The molecule has 7 heteroatoms. The van der Waals surface area contributed by atoms with Crippen molar-refractivity contribution in [1.82, 2.24) is 15.1 Å². The highest BCUT2D eigenvalue weighted by Crippen LogP contribution is 2.27. The van der Waals surface area contributed by atoms with Crippen LogP contribution in [0.25, 0.3) is 11.5 Å². The molecular formula is C13H16Br2N4O. The molecule has 2 heterocycles. The summed E-state index contributed by atoms with van der Waals surface area (Å²) in [6.07, 6.45) is 2.24. The summed E-state index contributed by atoms with van der Waals surface area (Å²) in [7, 11) is 0. The maximum absolute atomic E-state index is 6.12. The van der Waals surface area contributed by atoms with Crippen LogP contribution in [0.5, 0.6) is 0 Å². The summed E-state index contributed by atoms with van der Waals surface area (Å²) >= 11 is 6.79. The van der Waals surface area contributed by atoms with Crippen molar-refractivity contribution in [3.63, 3.8) is 0 Å². The van der Waals surface area contributed by atoms with Gasteiger partial charge in [0.05, 0.1) is 0 Å². The molecule has 2 aromatic rings. The monoisotopic (exact) mass is 402 g/mol. The summed E-state index contributed by atoms with van der Waals surface area (Å²) in [6, 6.07) is 1.84. The Labute approximate surface area is 134 Å². The molecular weight excluding hydrogens is 388 g/mol. The Kier molecular flexibility index (Phi) is 4.61. The van der Waals surface area contributed by atoms with E-state index in [1.165, 1.54) is 0 Å². The van der Waals surface area contributed by atoms with E-state index >= 15 is 0 Å². The van der Waals surface area contributed by atoms with E-state index in [2.05, 4.69) is 67.8 Å². The molecule has 0 amide bonds. The van der Waals surface area contributed by atoms with Gasteiger partial charge < -0.3 is 10.3 Å². The number of rotatable bonds is 3. The highest BCUT2D eigenvalue weighted by atomic mass is 79.9. The van der Waals surface area contributed by atoms with Gasteiger partial charge in [-0.25, -0.2) is 0 Å². The van der Waals surface area contributed by atoms with E-state index in [0.29, 0.717) is 23.8 Å². The molecule has 20 heavy (non-hydrogen) atoms. The van der Waals surface area contributed by atoms with Crippen molar-refractivity contribution >= 4 is 31.9 Å². The van der Waals surface area contributed by atoms with Gasteiger partial charge in [-0.1, -0.05) is 25.9 Å². The van der Waals surface area contributed by atoms with Crippen molar-refractivity contribution in [3.8, 4) is 11.5 Å². The molecule has 5 nitrogen and oxygen atoms in total. The van der Waals surface area contributed by atoms with Crippen molar-refractivity contribution in [1.29, 1.82) is 0 Å². The van der Waals surface area contributed by atoms with Crippen LogP contribution in [-0.2, 0) is 6.42 Å². The van der Waals surface area contributed by atoms with Crippen LogP contribution in [0, 0.1) is 5.41 Å². The van der Waals surface area contributed by atoms with Gasteiger partial charge in [0.25, 0.3) is 0 Å². The zero-order valence-electron chi connectivity index (χ0n) is 11.5. The first-order valence-corrected chi connectivity index (χ1v) is 7.75. The van der Waals surface area contributed by atoms with Crippen LogP contribution in [0.15, 0.2) is 25.7 Å². The van der Waals surface area contributed by atoms with Gasteiger partial charge in [0.15, 0.2) is 0 Å². The van der Waals surface area contributed by atoms with Gasteiger partial charge in [0.2, 0.25) is 11.7 Å². The number of hydrogen-bond donors (Lipinski definition) is 1. The van der Waals surface area contributed by atoms with E-state index in [4.69, 9.17) is 10.3 Å². The molecule has 0 aromatic carbocycles. The van der Waals surface area contributed by atoms with Crippen LogP contribution in [0.2, 0.25) is 0 Å². The van der Waals surface area contributed by atoms with Gasteiger partial charge in [-0.3, -0.25) is 4.98 Å². The lowest BCUT2D eigenvalue weighted by Crippen LogP contribution is -2.36. The first-order valence-electron chi connectivity index (χ1n) is 6.17. The number of nitrogens with two attached hydrogens (primary N) is 1. The van der Waals surface area contributed by atoms with Crippen molar-refractivity contribution < 1.29 is 4.52 Å². The van der Waals surface area contributed by atoms with E-state index in [1.807, 2.05) is 6.07 Å². The fourth-order valence-electron chi connectivity index (χ4n) is 1.51. The Morgan fingerprint density at radius 1 is 1.35 bits per heavy atom. The number of nitrogens with zero attached hydrogens (tertiary/aromatic N) is 3. The highest BCUT2D eigenvalue weighted by Gasteiger charge is 2.24. The summed E-state index contributed by atoms with van der Waals surface area (Å²) in [5.41, 5.74) is 6.76. The molecule has 1 atom stereocenters. The zero-order chi connectivity index (χ0) is 14.9. The molecule has 0 aliphatic rings. The summed E-state index contributed by atoms with van der Waals surface area (Å²) in [5, 5.41) is 3.96. The van der Waals surface area contributed by atoms with Gasteiger partial charge in [-0.05, 0) is 43.3 Å². The second-order valence-corrected chi connectivity index (χ2v) is 7.44. The molecule has 2 N–H and O–H groups in total. The predicted molar refractivity (Wildman–Crippen MR) is 84.1 cm³/mol. The Morgan fingerprint density at radius 2 is 2.05 bits per heavy atom. The minimum atomic E-state index is -0.0443. The van der Waals surface area contributed by atoms with Gasteiger partial charge >= 0.3 is 0 Å². The largest absolute Gasteiger partial charge is 0.339 e. The summed E-state index contributed by atoms with van der Waals surface area (Å²) in [6.45, 7) is 6.26. The van der Waals surface area contributed by atoms with Crippen molar-refractivity contribution in [2.45, 2.75) is 33.2 Å². The molecule has 0 radical (unpaired) electrons. The maximum Gasteiger partial charge on any atom is 0.228 e. The summed E-state index contributed by atoms with van der Waals surface area (Å²) in [4.78, 5) is 8.64. The Hall–Kier alpha value is -0.790. The SMILES string of the molecule is CC(C)(C)C(N)Cc1nc(-c2ncc(Br)cc2Br)no1. The van der Waals surface area contributed by atoms with Crippen LogP contribution >= 0.6 is 31.9 Å². The fourth-order valence-corrected chi connectivity index (χ4v) is 2.67. The van der Waals surface area contributed by atoms with Gasteiger partial charge in [0, 0.05) is 27.6 Å². The molecule has 0 fully saturated rings. The Balaban J connectivity index is 2.21. The highest BCUT2D eigenvalue weighted by molar-refractivity contribution is 9.11. The van der Waals surface area contributed by atoms with Gasteiger partial charge in [-0.15, -0.1) is 0 Å². The standard InChI is InChI=1S/C13H16Br2N4O/c1-13(2,3)9(16)5-10-18-12(19-20-10)11-8(15)4-7(14)6-17-11/h4,6,9H,5,16H2,1-3H3. The third kappa shape index (κ3) is 3.65. The molecule has 0 aliphatic heterocycles. The van der Waals surface area contributed by atoms with Crippen LogP contribution in [0.4, 0.5) is 0 Å². The van der Waals surface area contributed by atoms with Crippen molar-refractivity contribution in [2.75, 3.05) is 0 Å². The average Bonchev–Trinajstić information content (AvgIpc) is 2.76. The lowest BCUT2D eigenvalue weighted by Gasteiger charge is -2.25. The zero-order valence-corrected chi connectivity index (χ0v) is 14.7. The topological polar surface area (TPSA) is 77.8 Å². The molecule has 1 unspecified atom stereocenters. The minimum Gasteiger partial charge on any atom is -0.339 e. The number of aromatic nitrogens is 3. The van der Waals surface area contributed by atoms with E-state index in [9.17, 15) is 0 Å². The Bertz CT molecular complexity index is 607. The normalized spacial score (nSPS) is 13.5. The van der Waals surface area contributed by atoms with Crippen LogP contribution in [0.1, 0.15) is 26.7 Å². The van der Waals surface area contributed by atoms with Crippen molar-refractivity contribution in [2.24, 2.45) is 11.1 Å². The lowest BCUT2D eigenvalue weighted by molar-refractivity contribution is 0.286. The first-order chi connectivity index (χ1) is 9.27. The summed E-state index contributed by atoms with van der Waals surface area (Å²) < 4.78 is 6.94. The minimum absolute atomic E-state index is 0.00885.